The van der Waals surface area contributed by atoms with Gasteiger partial charge in [0.25, 0.3) is 5.56 Å². The summed E-state index contributed by atoms with van der Waals surface area (Å²) >= 11 is 0. The molecule has 0 radical (unpaired) electrons. The predicted molar refractivity (Wildman–Crippen MR) is 113 cm³/mol. The van der Waals surface area contributed by atoms with Crippen molar-refractivity contribution >= 4 is 12.2 Å². The Morgan fingerprint density at radius 1 is 1.14 bits per heavy atom. The summed E-state index contributed by atoms with van der Waals surface area (Å²) in [5.41, 5.74) is 4.04. The molecule has 0 saturated heterocycles. The molecule has 0 aliphatic heterocycles. The third-order valence-corrected chi connectivity index (χ3v) is 4.07. The molecule has 8 heteroatoms. The third-order valence-electron chi connectivity index (χ3n) is 4.07. The van der Waals surface area contributed by atoms with Gasteiger partial charge < -0.3 is 9.47 Å². The minimum absolute atomic E-state index is 0.152. The molecule has 3 aromatic rings. The fourth-order valence-corrected chi connectivity index (χ4v) is 2.51. The molecule has 0 aliphatic carbocycles. The second-order valence-corrected chi connectivity index (χ2v) is 6.22. The van der Waals surface area contributed by atoms with E-state index in [1.54, 1.807) is 37.6 Å². The molecule has 0 spiro atoms. The first-order valence-corrected chi connectivity index (χ1v) is 9.33. The number of unbranched alkanes of at least 4 members (excludes halogenated alkanes) is 1. The van der Waals surface area contributed by atoms with E-state index in [9.17, 15) is 4.79 Å². The molecule has 0 atom stereocenters. The lowest BCUT2D eigenvalue weighted by atomic mass is 10.1. The van der Waals surface area contributed by atoms with Gasteiger partial charge in [-0.2, -0.15) is 5.10 Å². The maximum atomic E-state index is 12.3. The third kappa shape index (κ3) is 5.65. The molecule has 1 aromatic heterocycles. The number of aromatic nitrogens is 3. The van der Waals surface area contributed by atoms with Gasteiger partial charge in [-0.3, -0.25) is 9.78 Å². The van der Waals surface area contributed by atoms with Crippen molar-refractivity contribution in [2.75, 3.05) is 19.1 Å². The smallest absolute Gasteiger partial charge is 0.279 e. The number of rotatable bonds is 9. The van der Waals surface area contributed by atoms with Crippen molar-refractivity contribution < 1.29 is 9.47 Å². The van der Waals surface area contributed by atoms with Crippen molar-refractivity contribution in [1.29, 1.82) is 0 Å². The van der Waals surface area contributed by atoms with Crippen molar-refractivity contribution in [3.63, 3.8) is 0 Å². The summed E-state index contributed by atoms with van der Waals surface area (Å²) < 4.78 is 10.8. The van der Waals surface area contributed by atoms with Crippen LogP contribution in [0.4, 0.5) is 5.95 Å². The zero-order chi connectivity index (χ0) is 20.5. The lowest BCUT2D eigenvalue weighted by molar-refractivity contribution is 0.309. The molecule has 8 nitrogen and oxygen atoms in total. The van der Waals surface area contributed by atoms with Crippen LogP contribution in [0.5, 0.6) is 11.5 Å². The molecule has 0 aliphatic rings. The predicted octanol–water partition coefficient (Wildman–Crippen LogP) is 3.47. The van der Waals surface area contributed by atoms with Crippen molar-refractivity contribution in [3.05, 3.63) is 64.4 Å². The van der Waals surface area contributed by atoms with E-state index in [1.807, 2.05) is 24.3 Å². The maximum absolute atomic E-state index is 12.3. The fourth-order valence-electron chi connectivity index (χ4n) is 2.51. The van der Waals surface area contributed by atoms with Gasteiger partial charge in [0.2, 0.25) is 5.95 Å². The molecule has 0 fully saturated rings. The molecule has 2 N–H and O–H groups in total. The number of hydrogen-bond donors (Lipinski definition) is 2. The van der Waals surface area contributed by atoms with E-state index in [1.165, 1.54) is 0 Å². The van der Waals surface area contributed by atoms with Crippen LogP contribution in [-0.2, 0) is 0 Å². The second-order valence-electron chi connectivity index (χ2n) is 6.22. The Morgan fingerprint density at radius 2 is 1.97 bits per heavy atom. The van der Waals surface area contributed by atoms with Crippen molar-refractivity contribution in [2.45, 2.75) is 19.8 Å². The largest absolute Gasteiger partial charge is 0.497 e. The molecule has 3 rings (SSSR count). The minimum Gasteiger partial charge on any atom is -0.497 e. The zero-order valence-electron chi connectivity index (χ0n) is 16.4. The number of nitrogens with zero attached hydrogens (tertiary/aromatic N) is 3. The number of benzene rings is 2. The summed E-state index contributed by atoms with van der Waals surface area (Å²) in [6.45, 7) is 2.81. The lowest BCUT2D eigenvalue weighted by Crippen LogP contribution is -2.15. The SMILES string of the molecule is CCCCOc1cccc(/C=N/Nc2nnc(-c3ccc(OC)cc3)c(=O)[nH]2)c1. The Bertz CT molecular complexity index is 1020. The van der Waals surface area contributed by atoms with Crippen molar-refractivity contribution in [3.8, 4) is 22.8 Å². The van der Waals surface area contributed by atoms with Crippen molar-refractivity contribution in [1.82, 2.24) is 15.2 Å². The van der Waals surface area contributed by atoms with Crippen LogP contribution in [0.3, 0.4) is 0 Å². The van der Waals surface area contributed by atoms with Crippen LogP contribution < -0.4 is 20.5 Å². The van der Waals surface area contributed by atoms with Gasteiger partial charge in [0.1, 0.15) is 11.5 Å². The molecule has 0 amide bonds. The van der Waals surface area contributed by atoms with Crippen LogP contribution in [0.2, 0.25) is 0 Å². The Balaban J connectivity index is 1.64. The van der Waals surface area contributed by atoms with E-state index >= 15 is 0 Å². The summed E-state index contributed by atoms with van der Waals surface area (Å²) in [6.07, 6.45) is 3.71. The van der Waals surface area contributed by atoms with Gasteiger partial charge in [-0.15, -0.1) is 10.2 Å². The molecule has 2 aromatic carbocycles. The van der Waals surface area contributed by atoms with E-state index in [-0.39, 0.29) is 17.2 Å². The van der Waals surface area contributed by atoms with Crippen LogP contribution in [0, 0.1) is 0 Å². The zero-order valence-corrected chi connectivity index (χ0v) is 16.4. The monoisotopic (exact) mass is 393 g/mol. The summed E-state index contributed by atoms with van der Waals surface area (Å²) in [7, 11) is 1.58. The van der Waals surface area contributed by atoms with Crippen LogP contribution in [0.15, 0.2) is 58.4 Å². The quantitative estimate of drug-likeness (QED) is 0.328. The summed E-state index contributed by atoms with van der Waals surface area (Å²) in [5.74, 6) is 1.64. The Kier molecular flexibility index (Phi) is 6.94. The molecular weight excluding hydrogens is 370 g/mol. The van der Waals surface area contributed by atoms with Gasteiger partial charge in [0.15, 0.2) is 5.69 Å². The average Bonchev–Trinajstić information content (AvgIpc) is 2.75. The molecule has 150 valence electrons. The van der Waals surface area contributed by atoms with Crippen LogP contribution >= 0.6 is 0 Å². The minimum atomic E-state index is -0.366. The number of hydrazone groups is 1. The first-order chi connectivity index (χ1) is 14.2. The number of nitrogens with one attached hydrogen (secondary N) is 2. The molecule has 0 saturated carbocycles. The Hall–Kier alpha value is -3.68. The number of ether oxygens (including phenoxy) is 2. The average molecular weight is 393 g/mol. The number of hydrogen-bond acceptors (Lipinski definition) is 7. The number of H-pyrrole nitrogens is 1. The van der Waals surface area contributed by atoms with E-state index in [0.29, 0.717) is 17.9 Å². The summed E-state index contributed by atoms with van der Waals surface area (Å²) in [6, 6.07) is 14.6. The maximum Gasteiger partial charge on any atom is 0.279 e. The van der Waals surface area contributed by atoms with Gasteiger partial charge >= 0.3 is 0 Å². The van der Waals surface area contributed by atoms with Gasteiger partial charge in [0.05, 0.1) is 19.9 Å². The van der Waals surface area contributed by atoms with Crippen LogP contribution in [0.1, 0.15) is 25.3 Å². The lowest BCUT2D eigenvalue weighted by Gasteiger charge is -2.05. The molecule has 29 heavy (non-hydrogen) atoms. The van der Waals surface area contributed by atoms with E-state index < -0.39 is 0 Å². The Morgan fingerprint density at radius 3 is 2.69 bits per heavy atom. The Labute approximate surface area is 168 Å². The topological polar surface area (TPSA) is 101 Å². The highest BCUT2D eigenvalue weighted by atomic mass is 16.5. The number of methoxy groups -OCH3 is 1. The van der Waals surface area contributed by atoms with Crippen molar-refractivity contribution in [2.24, 2.45) is 5.10 Å². The number of anilines is 1. The molecule has 0 bridgehead atoms. The van der Waals surface area contributed by atoms with Crippen LogP contribution in [-0.4, -0.2) is 35.1 Å². The van der Waals surface area contributed by atoms with E-state index in [4.69, 9.17) is 9.47 Å². The molecular formula is C21H23N5O3. The van der Waals surface area contributed by atoms with Gasteiger partial charge in [-0.25, -0.2) is 5.43 Å². The highest BCUT2D eigenvalue weighted by Gasteiger charge is 2.07. The van der Waals surface area contributed by atoms with E-state index in [0.717, 1.165) is 24.2 Å². The van der Waals surface area contributed by atoms with Crippen LogP contribution in [0.25, 0.3) is 11.3 Å². The van der Waals surface area contributed by atoms with Gasteiger partial charge in [-0.05, 0) is 48.4 Å². The highest BCUT2D eigenvalue weighted by Crippen LogP contribution is 2.17. The summed E-state index contributed by atoms with van der Waals surface area (Å²) in [4.78, 5) is 14.9. The fraction of sp³-hybridized carbons (Fsp3) is 0.238. The molecule has 0 unspecified atom stereocenters. The first-order valence-electron chi connectivity index (χ1n) is 9.33. The first kappa shape index (κ1) is 20.1. The number of aromatic amines is 1. The molecule has 1 heterocycles. The second kappa shape index (κ2) is 10.0. The van der Waals surface area contributed by atoms with Gasteiger partial charge in [0, 0.05) is 5.56 Å². The van der Waals surface area contributed by atoms with E-state index in [2.05, 4.69) is 32.6 Å². The summed E-state index contributed by atoms with van der Waals surface area (Å²) in [5, 5.41) is 12.1. The highest BCUT2D eigenvalue weighted by molar-refractivity contribution is 5.80. The van der Waals surface area contributed by atoms with Gasteiger partial charge in [-0.1, -0.05) is 25.5 Å². The standard InChI is InChI=1S/C21H23N5O3/c1-3-4-12-29-18-7-5-6-15(13-18)14-22-25-21-23-20(27)19(24-26-21)16-8-10-17(28-2)11-9-16/h5-11,13-14H,3-4,12H2,1-2H3,(H2,23,25,26,27)/b22-14+. The normalized spacial score (nSPS) is 10.8.